The zero-order valence-corrected chi connectivity index (χ0v) is 22.0. The Bertz CT molecular complexity index is 1350. The van der Waals surface area contributed by atoms with Crippen LogP contribution in [0.15, 0.2) is 65.0 Å². The number of hydrogen-bond acceptors (Lipinski definition) is 6. The van der Waals surface area contributed by atoms with Gasteiger partial charge in [0.05, 0.1) is 35.5 Å². The summed E-state index contributed by atoms with van der Waals surface area (Å²) >= 11 is 0. The highest BCUT2D eigenvalue weighted by atomic mass is 19.4. The highest BCUT2D eigenvalue weighted by Crippen LogP contribution is 2.45. The van der Waals surface area contributed by atoms with E-state index in [1.54, 1.807) is 13.2 Å². The van der Waals surface area contributed by atoms with Crippen LogP contribution in [0.25, 0.3) is 0 Å². The molecule has 0 unspecified atom stereocenters. The summed E-state index contributed by atoms with van der Waals surface area (Å²) in [5, 5.41) is 15.6. The van der Waals surface area contributed by atoms with Crippen LogP contribution in [0.4, 0.5) is 24.5 Å². The predicted octanol–water partition coefficient (Wildman–Crippen LogP) is 5.09. The van der Waals surface area contributed by atoms with Crippen LogP contribution in [0.5, 0.6) is 5.75 Å². The molecule has 7 nitrogen and oxygen atoms in total. The highest BCUT2D eigenvalue weighted by Gasteiger charge is 2.41. The van der Waals surface area contributed by atoms with Gasteiger partial charge in [-0.05, 0) is 67.6 Å². The summed E-state index contributed by atoms with van der Waals surface area (Å²) < 4.78 is 48.5. The van der Waals surface area contributed by atoms with Gasteiger partial charge in [-0.2, -0.15) is 18.3 Å². The average Bonchev–Trinajstić information content (AvgIpc) is 3.63. The van der Waals surface area contributed by atoms with Gasteiger partial charge in [-0.1, -0.05) is 13.5 Å². The standard InChI is InChI=1S/C29H31F3N4O3/c1-4-19-13-20(15-22(14-19)39-3)27-23-9-12-35(26(38)17-37)28(23)18(2)36(33-27)25-16-21(34-10-5-6-11-34)7-8-24(25)29(30,31)32/h7-8,13-16,37H,2,4-6,9-12,17H2,1,3H3. The first-order valence-corrected chi connectivity index (χ1v) is 13.0. The number of carbonyl (C=O) groups excluding carboxylic acids is 1. The highest BCUT2D eigenvalue weighted by molar-refractivity contribution is 6.16. The second-order valence-corrected chi connectivity index (χ2v) is 9.80. The second-order valence-electron chi connectivity index (χ2n) is 9.80. The molecule has 3 aliphatic heterocycles. The van der Waals surface area contributed by atoms with Crippen molar-refractivity contribution in [3.05, 3.63) is 76.6 Å². The molecule has 0 radical (unpaired) electrons. The van der Waals surface area contributed by atoms with Crippen molar-refractivity contribution in [2.24, 2.45) is 5.10 Å². The van der Waals surface area contributed by atoms with E-state index in [9.17, 15) is 23.1 Å². The van der Waals surface area contributed by atoms with Crippen molar-refractivity contribution in [1.29, 1.82) is 0 Å². The van der Waals surface area contributed by atoms with Crippen molar-refractivity contribution in [3.8, 4) is 5.75 Å². The molecule has 0 spiro atoms. The summed E-state index contributed by atoms with van der Waals surface area (Å²) in [6.45, 7) is 7.16. The van der Waals surface area contributed by atoms with Gasteiger partial charge in [-0.15, -0.1) is 0 Å². The zero-order chi connectivity index (χ0) is 27.9. The minimum absolute atomic E-state index is 0.149. The zero-order valence-electron chi connectivity index (χ0n) is 22.0. The largest absolute Gasteiger partial charge is 0.497 e. The number of anilines is 2. The summed E-state index contributed by atoms with van der Waals surface area (Å²) in [5.74, 6) is 0.0440. The van der Waals surface area contributed by atoms with E-state index in [2.05, 4.69) is 11.5 Å². The van der Waals surface area contributed by atoms with E-state index in [4.69, 9.17) is 9.84 Å². The molecule has 0 aromatic heterocycles. The maximum Gasteiger partial charge on any atom is 0.418 e. The molecule has 0 saturated carbocycles. The first-order chi connectivity index (χ1) is 18.7. The van der Waals surface area contributed by atoms with Gasteiger partial charge in [-0.25, -0.2) is 5.01 Å². The van der Waals surface area contributed by atoms with E-state index < -0.39 is 24.3 Å². The molecule has 5 rings (SSSR count). The van der Waals surface area contributed by atoms with Gasteiger partial charge in [0.1, 0.15) is 12.4 Å². The average molecular weight is 541 g/mol. The lowest BCUT2D eigenvalue weighted by Gasteiger charge is -2.34. The summed E-state index contributed by atoms with van der Waals surface area (Å²) in [6.07, 6.45) is -1.57. The third-order valence-corrected chi connectivity index (χ3v) is 7.46. The molecule has 2 aromatic rings. The van der Waals surface area contributed by atoms with Gasteiger partial charge in [0.2, 0.25) is 0 Å². The summed E-state index contributed by atoms with van der Waals surface area (Å²) in [6, 6.07) is 9.70. The number of alkyl halides is 3. The molecule has 0 atom stereocenters. The second kappa shape index (κ2) is 10.4. The SMILES string of the molecule is C=C1C2=C(CCN2C(=O)CO)C(c2cc(CC)cc(OC)c2)=NN1c1cc(N2CCCC2)ccc1C(F)(F)F. The Kier molecular flexibility index (Phi) is 7.15. The van der Waals surface area contributed by atoms with E-state index >= 15 is 0 Å². The molecule has 0 bridgehead atoms. The van der Waals surface area contributed by atoms with Crippen molar-refractivity contribution >= 4 is 23.0 Å². The normalized spacial score (nSPS) is 17.6. The van der Waals surface area contributed by atoms with E-state index in [1.165, 1.54) is 22.0 Å². The van der Waals surface area contributed by atoms with Crippen LogP contribution in [0.1, 0.15) is 42.9 Å². The first-order valence-electron chi connectivity index (χ1n) is 13.0. The van der Waals surface area contributed by atoms with Crippen LogP contribution >= 0.6 is 0 Å². The van der Waals surface area contributed by atoms with Crippen LogP contribution in [0.2, 0.25) is 0 Å². The lowest BCUT2D eigenvalue weighted by molar-refractivity contribution is -0.137. The van der Waals surface area contributed by atoms with Crippen LogP contribution in [-0.4, -0.2) is 55.0 Å². The van der Waals surface area contributed by atoms with Crippen molar-refractivity contribution < 1.29 is 27.8 Å². The summed E-state index contributed by atoms with van der Waals surface area (Å²) in [5.41, 5.74) is 2.95. The van der Waals surface area contributed by atoms with Crippen LogP contribution in [0.3, 0.4) is 0 Å². The van der Waals surface area contributed by atoms with Crippen LogP contribution < -0.4 is 14.6 Å². The fraction of sp³-hybridized carbons (Fsp3) is 0.379. The number of aryl methyl sites for hydroxylation is 1. The van der Waals surface area contributed by atoms with Gasteiger partial charge in [0.15, 0.2) is 0 Å². The van der Waals surface area contributed by atoms with E-state index in [1.807, 2.05) is 19.1 Å². The Morgan fingerprint density at radius 3 is 2.51 bits per heavy atom. The quantitative estimate of drug-likeness (QED) is 0.553. The number of amides is 1. The van der Waals surface area contributed by atoms with Crippen LogP contribution in [0, 0.1) is 0 Å². The Hall–Kier alpha value is -3.79. The maximum absolute atomic E-state index is 14.3. The van der Waals surface area contributed by atoms with Gasteiger partial charge in [-0.3, -0.25) is 4.79 Å². The monoisotopic (exact) mass is 540 g/mol. The molecule has 3 heterocycles. The molecule has 1 amide bonds. The predicted molar refractivity (Wildman–Crippen MR) is 144 cm³/mol. The number of hydrazone groups is 1. The molecule has 206 valence electrons. The molecular weight excluding hydrogens is 509 g/mol. The Morgan fingerprint density at radius 2 is 1.87 bits per heavy atom. The van der Waals surface area contributed by atoms with Gasteiger partial charge in [0.25, 0.3) is 5.91 Å². The molecule has 0 aliphatic carbocycles. The van der Waals surface area contributed by atoms with Crippen molar-refractivity contribution in [1.82, 2.24) is 4.90 Å². The van der Waals surface area contributed by atoms with Crippen molar-refractivity contribution in [3.63, 3.8) is 0 Å². The number of ether oxygens (including phenoxy) is 1. The third-order valence-electron chi connectivity index (χ3n) is 7.46. The number of aliphatic hydroxyl groups excluding tert-OH is 1. The number of aliphatic hydroxyl groups is 1. The number of methoxy groups -OCH3 is 1. The number of nitrogens with zero attached hydrogens (tertiary/aromatic N) is 4. The molecule has 3 aliphatic rings. The summed E-state index contributed by atoms with van der Waals surface area (Å²) in [7, 11) is 1.55. The van der Waals surface area contributed by atoms with E-state index in [-0.39, 0.29) is 17.9 Å². The lowest BCUT2D eigenvalue weighted by atomic mass is 9.95. The number of benzene rings is 2. The Labute approximate surface area is 225 Å². The molecule has 2 aromatic carbocycles. The lowest BCUT2D eigenvalue weighted by Crippen LogP contribution is -2.36. The number of hydrogen-bond donors (Lipinski definition) is 1. The molecule has 39 heavy (non-hydrogen) atoms. The maximum atomic E-state index is 14.3. The summed E-state index contributed by atoms with van der Waals surface area (Å²) in [4.78, 5) is 16.1. The van der Waals surface area contributed by atoms with Crippen molar-refractivity contribution in [2.75, 3.05) is 43.3 Å². The van der Waals surface area contributed by atoms with Gasteiger partial charge in [0, 0.05) is 36.5 Å². The van der Waals surface area contributed by atoms with Crippen LogP contribution in [-0.2, 0) is 17.4 Å². The topological polar surface area (TPSA) is 68.6 Å². The number of rotatable bonds is 6. The molecular formula is C29H31F3N4O3. The minimum Gasteiger partial charge on any atom is -0.497 e. The number of halogens is 3. The molecule has 1 fully saturated rings. The Morgan fingerprint density at radius 1 is 1.13 bits per heavy atom. The van der Waals surface area contributed by atoms with Crippen molar-refractivity contribution in [2.45, 2.75) is 38.8 Å². The van der Waals surface area contributed by atoms with Gasteiger partial charge < -0.3 is 19.6 Å². The number of carbonyl (C=O) groups is 1. The van der Waals surface area contributed by atoms with E-state index in [0.29, 0.717) is 46.8 Å². The molecule has 1 saturated heterocycles. The van der Waals surface area contributed by atoms with Gasteiger partial charge >= 0.3 is 6.18 Å². The fourth-order valence-corrected chi connectivity index (χ4v) is 5.49. The fourth-order valence-electron chi connectivity index (χ4n) is 5.49. The minimum atomic E-state index is -4.65. The molecule has 10 heteroatoms. The molecule has 1 N–H and O–H groups in total. The first kappa shape index (κ1) is 26.8. The third kappa shape index (κ3) is 4.89. The Balaban J connectivity index is 1.73. The van der Waals surface area contributed by atoms with E-state index in [0.717, 1.165) is 37.6 Å². The smallest absolute Gasteiger partial charge is 0.418 e.